The summed E-state index contributed by atoms with van der Waals surface area (Å²) < 4.78 is 11.0. The summed E-state index contributed by atoms with van der Waals surface area (Å²) in [5, 5.41) is 0.676. The van der Waals surface area contributed by atoms with Gasteiger partial charge in [0.25, 0.3) is 0 Å². The SMILES string of the molecule is [C-]#[N+]c1ccc2oc(C)c(C(=O)c3ccc(OCC)cc3)c2c1. The number of ether oxygens (including phenoxy) is 1. The minimum absolute atomic E-state index is 0.119. The summed E-state index contributed by atoms with van der Waals surface area (Å²) in [6.45, 7) is 11.4. The van der Waals surface area contributed by atoms with Crippen LogP contribution < -0.4 is 4.74 Å². The van der Waals surface area contributed by atoms with Gasteiger partial charge >= 0.3 is 0 Å². The number of aryl methyl sites for hydroxylation is 1. The molecule has 2 aromatic carbocycles. The van der Waals surface area contributed by atoms with Crippen LogP contribution in [0, 0.1) is 13.5 Å². The predicted molar refractivity (Wildman–Crippen MR) is 88.3 cm³/mol. The van der Waals surface area contributed by atoms with Crippen LogP contribution in [0.5, 0.6) is 5.75 Å². The third-order valence-electron chi connectivity index (χ3n) is 3.63. The van der Waals surface area contributed by atoms with E-state index in [2.05, 4.69) is 4.85 Å². The first-order valence-corrected chi connectivity index (χ1v) is 7.32. The van der Waals surface area contributed by atoms with Crippen molar-refractivity contribution in [3.8, 4) is 5.75 Å². The molecule has 0 saturated carbocycles. The molecule has 0 aliphatic carbocycles. The maximum absolute atomic E-state index is 12.8. The number of furan rings is 1. The Labute approximate surface area is 134 Å². The van der Waals surface area contributed by atoms with Gasteiger partial charge in [-0.15, -0.1) is 0 Å². The smallest absolute Gasteiger partial charge is 0.197 e. The topological polar surface area (TPSA) is 43.8 Å². The van der Waals surface area contributed by atoms with Crippen molar-refractivity contribution in [3.63, 3.8) is 0 Å². The van der Waals surface area contributed by atoms with Crippen molar-refractivity contribution in [3.05, 3.63) is 70.8 Å². The molecule has 3 aromatic rings. The Bertz CT molecular complexity index is 914. The van der Waals surface area contributed by atoms with E-state index in [-0.39, 0.29) is 5.78 Å². The Kier molecular flexibility index (Phi) is 3.86. The Morgan fingerprint density at radius 1 is 1.22 bits per heavy atom. The second-order valence-corrected chi connectivity index (χ2v) is 5.11. The van der Waals surface area contributed by atoms with Gasteiger partial charge in [-0.3, -0.25) is 4.79 Å². The molecule has 4 heteroatoms. The first-order valence-electron chi connectivity index (χ1n) is 7.32. The third-order valence-corrected chi connectivity index (χ3v) is 3.63. The lowest BCUT2D eigenvalue weighted by Crippen LogP contribution is -2.02. The molecule has 1 aromatic heterocycles. The number of nitrogens with zero attached hydrogens (tertiary/aromatic N) is 1. The fourth-order valence-electron chi connectivity index (χ4n) is 2.57. The van der Waals surface area contributed by atoms with Gasteiger partial charge in [0.15, 0.2) is 11.5 Å². The van der Waals surface area contributed by atoms with E-state index in [1.807, 2.05) is 6.92 Å². The van der Waals surface area contributed by atoms with Crippen molar-refractivity contribution in [1.29, 1.82) is 0 Å². The second kappa shape index (κ2) is 5.98. The van der Waals surface area contributed by atoms with Crippen LogP contribution >= 0.6 is 0 Å². The Morgan fingerprint density at radius 2 is 1.96 bits per heavy atom. The molecule has 23 heavy (non-hydrogen) atoms. The van der Waals surface area contributed by atoms with Gasteiger partial charge in [0.05, 0.1) is 18.7 Å². The zero-order valence-corrected chi connectivity index (χ0v) is 12.9. The van der Waals surface area contributed by atoms with E-state index < -0.39 is 0 Å². The number of fused-ring (bicyclic) bond motifs is 1. The van der Waals surface area contributed by atoms with E-state index >= 15 is 0 Å². The molecular formula is C19H15NO3. The molecular weight excluding hydrogens is 290 g/mol. The van der Waals surface area contributed by atoms with Gasteiger partial charge in [0, 0.05) is 10.9 Å². The van der Waals surface area contributed by atoms with E-state index in [1.54, 1.807) is 49.4 Å². The lowest BCUT2D eigenvalue weighted by Gasteiger charge is -2.04. The van der Waals surface area contributed by atoms with Gasteiger partial charge in [0.1, 0.15) is 17.1 Å². The molecule has 0 amide bonds. The number of ketones is 1. The van der Waals surface area contributed by atoms with E-state index in [9.17, 15) is 4.79 Å². The molecule has 1 heterocycles. The highest BCUT2D eigenvalue weighted by Crippen LogP contribution is 2.31. The number of carbonyl (C=O) groups excluding carboxylic acids is 1. The van der Waals surface area contributed by atoms with Crippen LogP contribution in [0.15, 0.2) is 46.9 Å². The van der Waals surface area contributed by atoms with E-state index in [0.29, 0.717) is 40.2 Å². The number of rotatable bonds is 4. The molecule has 0 N–H and O–H groups in total. The predicted octanol–water partition coefficient (Wildman–Crippen LogP) is 4.92. The first-order chi connectivity index (χ1) is 11.1. The molecule has 114 valence electrons. The summed E-state index contributed by atoms with van der Waals surface area (Å²) >= 11 is 0. The van der Waals surface area contributed by atoms with Crippen LogP contribution in [-0.2, 0) is 0 Å². The highest BCUT2D eigenvalue weighted by molar-refractivity contribution is 6.17. The van der Waals surface area contributed by atoms with Crippen LogP contribution in [0.3, 0.4) is 0 Å². The molecule has 0 radical (unpaired) electrons. The summed E-state index contributed by atoms with van der Waals surface area (Å²) in [5.74, 6) is 1.17. The number of carbonyl (C=O) groups is 1. The van der Waals surface area contributed by atoms with Crippen LogP contribution in [0.25, 0.3) is 15.8 Å². The molecule has 0 spiro atoms. The van der Waals surface area contributed by atoms with Gasteiger partial charge in [-0.25, -0.2) is 4.85 Å². The largest absolute Gasteiger partial charge is 0.494 e. The monoisotopic (exact) mass is 305 g/mol. The summed E-state index contributed by atoms with van der Waals surface area (Å²) in [6, 6.07) is 12.1. The molecule has 0 unspecified atom stereocenters. The lowest BCUT2D eigenvalue weighted by molar-refractivity contribution is 0.103. The minimum Gasteiger partial charge on any atom is -0.494 e. The number of benzene rings is 2. The fraction of sp³-hybridized carbons (Fsp3) is 0.158. The highest BCUT2D eigenvalue weighted by atomic mass is 16.5. The van der Waals surface area contributed by atoms with E-state index in [0.717, 1.165) is 5.75 Å². The van der Waals surface area contributed by atoms with Gasteiger partial charge in [-0.05, 0) is 50.2 Å². The number of hydrogen-bond donors (Lipinski definition) is 0. The lowest BCUT2D eigenvalue weighted by atomic mass is 10.00. The zero-order chi connectivity index (χ0) is 16.4. The zero-order valence-electron chi connectivity index (χ0n) is 12.9. The van der Waals surface area contributed by atoms with Crippen molar-refractivity contribution in [1.82, 2.24) is 0 Å². The molecule has 4 nitrogen and oxygen atoms in total. The fourth-order valence-corrected chi connectivity index (χ4v) is 2.57. The van der Waals surface area contributed by atoms with Gasteiger partial charge in [-0.1, -0.05) is 6.07 Å². The van der Waals surface area contributed by atoms with E-state index in [1.165, 1.54) is 0 Å². The maximum Gasteiger partial charge on any atom is 0.197 e. The summed E-state index contributed by atoms with van der Waals surface area (Å²) in [5.41, 5.74) is 2.17. The maximum atomic E-state index is 12.8. The summed E-state index contributed by atoms with van der Waals surface area (Å²) in [4.78, 5) is 16.2. The van der Waals surface area contributed by atoms with Gasteiger partial charge in [-0.2, -0.15) is 0 Å². The molecule has 0 aliphatic heterocycles. The Hall–Kier alpha value is -3.06. The molecule has 0 fully saturated rings. The third kappa shape index (κ3) is 2.69. The van der Waals surface area contributed by atoms with Crippen molar-refractivity contribution in [2.75, 3.05) is 6.61 Å². The van der Waals surface area contributed by atoms with Crippen LogP contribution in [0.4, 0.5) is 5.69 Å². The molecule has 3 rings (SSSR count). The summed E-state index contributed by atoms with van der Waals surface area (Å²) in [6.07, 6.45) is 0. The average Bonchev–Trinajstić information content (AvgIpc) is 2.90. The molecule has 0 aliphatic rings. The summed E-state index contributed by atoms with van der Waals surface area (Å²) in [7, 11) is 0. The first kappa shape index (κ1) is 14.9. The second-order valence-electron chi connectivity index (χ2n) is 5.11. The molecule has 0 bridgehead atoms. The highest BCUT2D eigenvalue weighted by Gasteiger charge is 2.20. The molecule has 0 atom stereocenters. The van der Waals surface area contributed by atoms with Gasteiger partial charge in [0.2, 0.25) is 0 Å². The minimum atomic E-state index is -0.119. The van der Waals surface area contributed by atoms with Crippen molar-refractivity contribution >= 4 is 22.4 Å². The van der Waals surface area contributed by atoms with Crippen LogP contribution in [0.1, 0.15) is 28.6 Å². The van der Waals surface area contributed by atoms with Crippen molar-refractivity contribution in [2.45, 2.75) is 13.8 Å². The van der Waals surface area contributed by atoms with Gasteiger partial charge < -0.3 is 9.15 Å². The Balaban J connectivity index is 2.06. The van der Waals surface area contributed by atoms with E-state index in [4.69, 9.17) is 15.7 Å². The normalized spacial score (nSPS) is 10.5. The number of hydrogen-bond acceptors (Lipinski definition) is 3. The quantitative estimate of drug-likeness (QED) is 0.507. The standard InChI is InChI=1S/C19H15NO3/c1-4-22-15-8-5-13(6-9-15)19(21)18-12(2)23-17-10-7-14(20-3)11-16(17)18/h5-11H,4H2,1-2H3. The van der Waals surface area contributed by atoms with Crippen molar-refractivity contribution < 1.29 is 13.9 Å². The Morgan fingerprint density at radius 3 is 2.61 bits per heavy atom. The molecule has 0 saturated heterocycles. The van der Waals surface area contributed by atoms with Crippen molar-refractivity contribution in [2.24, 2.45) is 0 Å². The average molecular weight is 305 g/mol. The van der Waals surface area contributed by atoms with Crippen LogP contribution in [0.2, 0.25) is 0 Å². The van der Waals surface area contributed by atoms with Crippen LogP contribution in [-0.4, -0.2) is 12.4 Å².